The van der Waals surface area contributed by atoms with Crippen molar-refractivity contribution in [1.29, 1.82) is 0 Å². The first-order chi connectivity index (χ1) is 29.0. The largest absolute Gasteiger partial charge is 0.492 e. The molecule has 17 heteroatoms. The molecule has 2 N–H and O–H groups in total. The number of pyridine rings is 2. The van der Waals surface area contributed by atoms with E-state index in [9.17, 15) is 26.4 Å². The van der Waals surface area contributed by atoms with Crippen molar-refractivity contribution in [2.24, 2.45) is 0 Å². The molecule has 6 heterocycles. The Morgan fingerprint density at radius 1 is 0.650 bits per heavy atom. The molecule has 1 aliphatic rings. The van der Waals surface area contributed by atoms with Gasteiger partial charge in [-0.3, -0.25) is 19.0 Å². The van der Waals surface area contributed by atoms with Gasteiger partial charge < -0.3 is 19.8 Å². The average Bonchev–Trinajstić information content (AvgIpc) is 4.06. The van der Waals surface area contributed by atoms with Crippen molar-refractivity contribution in [2.75, 3.05) is 6.61 Å². The molecule has 0 saturated carbocycles. The van der Waals surface area contributed by atoms with Gasteiger partial charge in [0.25, 0.3) is 11.8 Å². The Labute approximate surface area is 344 Å². The van der Waals surface area contributed by atoms with Gasteiger partial charge in [-0.15, -0.1) is 0 Å². The summed E-state index contributed by atoms with van der Waals surface area (Å²) in [5.74, 6) is 0.468. The molecule has 0 bridgehead atoms. The number of imidazole rings is 2. The van der Waals surface area contributed by atoms with Crippen molar-refractivity contribution in [3.05, 3.63) is 174 Å². The molecule has 0 saturated heterocycles. The van der Waals surface area contributed by atoms with Crippen molar-refractivity contribution in [2.45, 2.75) is 46.0 Å². The second-order valence-electron chi connectivity index (χ2n) is 13.7. The van der Waals surface area contributed by atoms with E-state index >= 15 is 0 Å². The molecule has 60 heavy (non-hydrogen) atoms. The van der Waals surface area contributed by atoms with E-state index in [0.29, 0.717) is 35.7 Å². The fourth-order valence-electron chi connectivity index (χ4n) is 6.40. The zero-order valence-corrected chi connectivity index (χ0v) is 33.6. The Bertz CT molecular complexity index is 3090. The minimum absolute atomic E-state index is 0.145. The number of amides is 2. The molecule has 3 aromatic carbocycles. The number of carbonyl (C=O) groups excluding carboxylic acids is 2. The number of hydrogen-bond donors (Lipinski definition) is 2. The van der Waals surface area contributed by atoms with Gasteiger partial charge in [-0.05, 0) is 78.2 Å². The molecule has 15 nitrogen and oxygen atoms in total. The Hall–Kier alpha value is -7.24. The molecule has 0 spiro atoms. The third-order valence-electron chi connectivity index (χ3n) is 9.69. The van der Waals surface area contributed by atoms with Crippen molar-refractivity contribution in [3.8, 4) is 5.75 Å². The number of hydrogen-bond acceptors (Lipinski definition) is 11. The van der Waals surface area contributed by atoms with Gasteiger partial charge >= 0.3 is 0 Å². The van der Waals surface area contributed by atoms with Crippen molar-refractivity contribution in [1.82, 2.24) is 39.4 Å². The van der Waals surface area contributed by atoms with Crippen LogP contribution < -0.4 is 15.4 Å². The lowest BCUT2D eigenvalue weighted by atomic mass is 10.2. The highest BCUT2D eigenvalue weighted by Crippen LogP contribution is 2.36. The number of nitrogens with one attached hydrogen (secondary N) is 2. The zero-order chi connectivity index (χ0) is 41.9. The molecule has 1 aliphatic heterocycles. The van der Waals surface area contributed by atoms with Crippen LogP contribution in [0.3, 0.4) is 0 Å². The van der Waals surface area contributed by atoms with Gasteiger partial charge in [-0.1, -0.05) is 36.4 Å². The van der Waals surface area contributed by atoms with Gasteiger partial charge in [-0.25, -0.2) is 31.8 Å². The summed E-state index contributed by atoms with van der Waals surface area (Å²) in [7, 11) is -7.32. The summed E-state index contributed by atoms with van der Waals surface area (Å²) >= 11 is 0. The minimum atomic E-state index is -3.69. The maximum absolute atomic E-state index is 13.1. The predicted octanol–water partition coefficient (Wildman–Crippen LogP) is 5.23. The summed E-state index contributed by atoms with van der Waals surface area (Å²) in [4.78, 5) is 41.8. The number of aryl methyl sites for hydroxylation is 1. The van der Waals surface area contributed by atoms with Crippen LogP contribution in [0.25, 0.3) is 11.4 Å². The van der Waals surface area contributed by atoms with Gasteiger partial charge in [0.2, 0.25) is 25.5 Å². The van der Waals surface area contributed by atoms with E-state index in [4.69, 9.17) is 4.74 Å². The number of rotatable bonds is 10. The Balaban J connectivity index is 0.000000167. The summed E-state index contributed by atoms with van der Waals surface area (Å²) in [6.07, 6.45) is 13.6. The molecule has 2 amide bonds. The van der Waals surface area contributed by atoms with E-state index in [1.165, 1.54) is 30.6 Å². The highest BCUT2D eigenvalue weighted by molar-refractivity contribution is 7.91. The van der Waals surface area contributed by atoms with Crippen LogP contribution >= 0.6 is 0 Å². The normalized spacial score (nSPS) is 12.3. The summed E-state index contributed by atoms with van der Waals surface area (Å²) in [6.45, 7) is 2.83. The second-order valence-corrected chi connectivity index (χ2v) is 17.6. The van der Waals surface area contributed by atoms with Crippen LogP contribution in [0, 0.1) is 6.92 Å². The number of fused-ring (bicyclic) bond motifs is 3. The summed E-state index contributed by atoms with van der Waals surface area (Å²) in [5.41, 5.74) is 4.92. The summed E-state index contributed by atoms with van der Waals surface area (Å²) in [5, 5.41) is 5.65. The SMILES string of the molecule is Cc1ccc(S(=O)(=O)c2ccc(CNC(=O)c3cnc4nccn4c3)cc2)cn1.O=C(NCc1ccc(S(=O)(=O)c2cccc3c2OCC3)cc1)c1ccc2nccn2c1. The van der Waals surface area contributed by atoms with Crippen molar-refractivity contribution >= 4 is 42.9 Å². The molecule has 0 fully saturated rings. The molecular formula is C43H36N8O7S2. The van der Waals surface area contributed by atoms with Gasteiger partial charge in [0, 0.05) is 74.8 Å². The monoisotopic (exact) mass is 840 g/mol. The average molecular weight is 841 g/mol. The lowest BCUT2D eigenvalue weighted by molar-refractivity contribution is 0.0942. The molecule has 302 valence electrons. The molecular weight excluding hydrogens is 805 g/mol. The van der Waals surface area contributed by atoms with Crippen molar-refractivity contribution in [3.63, 3.8) is 0 Å². The van der Waals surface area contributed by atoms with Crippen molar-refractivity contribution < 1.29 is 31.2 Å². The first kappa shape index (κ1) is 39.6. The van der Waals surface area contributed by atoms with E-state index in [2.05, 4.69) is 30.6 Å². The van der Waals surface area contributed by atoms with Crippen LogP contribution in [0.4, 0.5) is 0 Å². The lowest BCUT2D eigenvalue weighted by Gasteiger charge is -2.10. The smallest absolute Gasteiger partial charge is 0.254 e. The van der Waals surface area contributed by atoms with Gasteiger partial charge in [-0.2, -0.15) is 0 Å². The number of para-hydroxylation sites is 1. The molecule has 8 aromatic rings. The van der Waals surface area contributed by atoms with Gasteiger partial charge in [0.05, 0.1) is 32.4 Å². The summed E-state index contributed by atoms with van der Waals surface area (Å²) in [6, 6.07) is 24.8. The Morgan fingerprint density at radius 3 is 1.98 bits per heavy atom. The number of ether oxygens (including phenoxy) is 1. The molecule has 9 rings (SSSR count). The minimum Gasteiger partial charge on any atom is -0.492 e. The molecule has 0 aliphatic carbocycles. The highest BCUT2D eigenvalue weighted by Gasteiger charge is 2.27. The number of carbonyl (C=O) groups is 2. The number of aromatic nitrogens is 6. The van der Waals surface area contributed by atoms with Crippen LogP contribution in [0.5, 0.6) is 5.75 Å². The molecule has 5 aromatic heterocycles. The molecule has 0 unspecified atom stereocenters. The highest BCUT2D eigenvalue weighted by atomic mass is 32.2. The van der Waals surface area contributed by atoms with E-state index in [1.807, 2.05) is 6.07 Å². The van der Waals surface area contributed by atoms with E-state index in [1.54, 1.807) is 120 Å². The fraction of sp³-hybridized carbons (Fsp3) is 0.116. The van der Waals surface area contributed by atoms with Crippen LogP contribution in [-0.4, -0.2) is 64.0 Å². The predicted molar refractivity (Wildman–Crippen MR) is 219 cm³/mol. The van der Waals surface area contributed by atoms with Gasteiger partial charge in [0.1, 0.15) is 16.3 Å². The second kappa shape index (κ2) is 16.6. The topological polar surface area (TPSA) is 196 Å². The third-order valence-corrected chi connectivity index (χ3v) is 13.2. The lowest BCUT2D eigenvalue weighted by Crippen LogP contribution is -2.23. The molecule has 0 radical (unpaired) electrons. The zero-order valence-electron chi connectivity index (χ0n) is 32.0. The van der Waals surface area contributed by atoms with Crippen LogP contribution in [-0.2, 0) is 39.2 Å². The van der Waals surface area contributed by atoms with E-state index in [0.717, 1.165) is 28.0 Å². The number of benzene rings is 3. The fourth-order valence-corrected chi connectivity index (χ4v) is 9.05. The van der Waals surface area contributed by atoms with E-state index < -0.39 is 19.7 Å². The first-order valence-corrected chi connectivity index (χ1v) is 21.6. The maximum atomic E-state index is 13.1. The standard InChI is InChI=1S/C23H19N3O4S.C20H17N5O3S/c27-23(18-6-9-21-24-11-12-26(21)15-18)25-14-16-4-7-19(8-5-16)31(28,29)20-3-1-2-17-10-13-30-22(17)20;1-14-2-5-18(12-22-14)29(27,28)17-6-3-15(4-7-17)10-23-19(26)16-11-24-20-21-8-9-25(20)13-16/h1-9,11-12,15H,10,13-14H2,(H,25,27);2-9,11-13H,10H2,1H3,(H,23,26). The number of sulfone groups is 2. The maximum Gasteiger partial charge on any atom is 0.254 e. The Morgan fingerprint density at radius 2 is 1.28 bits per heavy atom. The van der Waals surface area contributed by atoms with E-state index in [-0.39, 0.29) is 44.5 Å². The van der Waals surface area contributed by atoms with Crippen LogP contribution in [0.1, 0.15) is 43.1 Å². The van der Waals surface area contributed by atoms with Crippen LogP contribution in [0.15, 0.2) is 160 Å². The quantitative estimate of drug-likeness (QED) is 0.183. The third kappa shape index (κ3) is 8.34. The van der Waals surface area contributed by atoms with Gasteiger partial charge in [0.15, 0.2) is 0 Å². The van der Waals surface area contributed by atoms with Crippen LogP contribution in [0.2, 0.25) is 0 Å². The molecule has 0 atom stereocenters. The Kier molecular flexibility index (Phi) is 10.9. The first-order valence-electron chi connectivity index (χ1n) is 18.6. The number of nitrogens with zero attached hydrogens (tertiary/aromatic N) is 6. The summed E-state index contributed by atoms with van der Waals surface area (Å²) < 4.78 is 60.5.